The Bertz CT molecular complexity index is 505. The van der Waals surface area contributed by atoms with Crippen LogP contribution >= 0.6 is 11.8 Å². The molecule has 1 aliphatic rings. The van der Waals surface area contributed by atoms with Gasteiger partial charge in [-0.1, -0.05) is 6.92 Å². The molecule has 7 nitrogen and oxygen atoms in total. The Hall–Kier alpha value is -1.57. The molecule has 0 spiro atoms. The smallest absolute Gasteiger partial charge is 0.329 e. The number of nitrogens with one attached hydrogen (secondary N) is 2. The molecule has 1 aliphatic heterocycles. The van der Waals surface area contributed by atoms with E-state index in [1.54, 1.807) is 0 Å². The van der Waals surface area contributed by atoms with E-state index in [0.717, 1.165) is 25.1 Å². The van der Waals surface area contributed by atoms with Crippen LogP contribution in [-0.2, 0) is 0 Å². The number of anilines is 2. The van der Waals surface area contributed by atoms with Gasteiger partial charge in [-0.15, -0.1) is 0 Å². The SMILES string of the molecule is CCCNc1ncc([N+](=O)[O-])c(NCC2(C)CCCS2)n1. The van der Waals surface area contributed by atoms with Crippen molar-refractivity contribution in [1.82, 2.24) is 9.97 Å². The van der Waals surface area contributed by atoms with Crippen molar-refractivity contribution < 1.29 is 4.92 Å². The Morgan fingerprint density at radius 3 is 2.95 bits per heavy atom. The molecular formula is C13H21N5O2S. The van der Waals surface area contributed by atoms with E-state index in [-0.39, 0.29) is 10.4 Å². The van der Waals surface area contributed by atoms with Gasteiger partial charge in [-0.25, -0.2) is 4.98 Å². The fourth-order valence-corrected chi connectivity index (χ4v) is 3.45. The molecule has 0 aromatic carbocycles. The van der Waals surface area contributed by atoms with Crippen LogP contribution in [0.4, 0.5) is 17.5 Å². The first-order valence-electron chi connectivity index (χ1n) is 7.17. The van der Waals surface area contributed by atoms with Gasteiger partial charge in [0, 0.05) is 17.8 Å². The highest BCUT2D eigenvalue weighted by Gasteiger charge is 2.30. The Labute approximate surface area is 128 Å². The lowest BCUT2D eigenvalue weighted by atomic mass is 10.1. The molecule has 1 aromatic heterocycles. The maximum Gasteiger partial charge on any atom is 0.329 e. The number of nitrogens with zero attached hydrogens (tertiary/aromatic N) is 3. The molecule has 0 aliphatic carbocycles. The van der Waals surface area contributed by atoms with Crippen LogP contribution in [0.5, 0.6) is 0 Å². The molecule has 2 heterocycles. The summed E-state index contributed by atoms with van der Waals surface area (Å²) < 4.78 is 0.121. The zero-order chi connectivity index (χ0) is 15.3. The quantitative estimate of drug-likeness (QED) is 0.590. The second-order valence-electron chi connectivity index (χ2n) is 5.37. The molecule has 1 fully saturated rings. The first-order chi connectivity index (χ1) is 10.0. The predicted octanol–water partition coefficient (Wildman–Crippen LogP) is 2.90. The third kappa shape index (κ3) is 4.20. The summed E-state index contributed by atoms with van der Waals surface area (Å²) in [6, 6.07) is 0. The van der Waals surface area contributed by atoms with Gasteiger partial charge in [0.2, 0.25) is 11.8 Å². The highest BCUT2D eigenvalue weighted by atomic mass is 32.2. The summed E-state index contributed by atoms with van der Waals surface area (Å²) in [5, 5.41) is 17.3. The van der Waals surface area contributed by atoms with Crippen molar-refractivity contribution in [3.05, 3.63) is 16.3 Å². The van der Waals surface area contributed by atoms with E-state index in [9.17, 15) is 10.1 Å². The third-order valence-electron chi connectivity index (χ3n) is 3.43. The van der Waals surface area contributed by atoms with Crippen molar-refractivity contribution in [1.29, 1.82) is 0 Å². The first-order valence-corrected chi connectivity index (χ1v) is 8.16. The summed E-state index contributed by atoms with van der Waals surface area (Å²) in [7, 11) is 0. The highest BCUT2D eigenvalue weighted by molar-refractivity contribution is 8.00. The van der Waals surface area contributed by atoms with Gasteiger partial charge in [-0.3, -0.25) is 10.1 Å². The molecule has 1 atom stereocenters. The fraction of sp³-hybridized carbons (Fsp3) is 0.692. The van der Waals surface area contributed by atoms with E-state index in [1.165, 1.54) is 12.6 Å². The Morgan fingerprint density at radius 1 is 1.52 bits per heavy atom. The van der Waals surface area contributed by atoms with Gasteiger partial charge >= 0.3 is 5.69 Å². The topological polar surface area (TPSA) is 93.0 Å². The fourth-order valence-electron chi connectivity index (χ4n) is 2.21. The molecule has 8 heteroatoms. The maximum atomic E-state index is 11.1. The summed E-state index contributed by atoms with van der Waals surface area (Å²) >= 11 is 1.90. The predicted molar refractivity (Wildman–Crippen MR) is 86.1 cm³/mol. The molecule has 2 rings (SSSR count). The van der Waals surface area contributed by atoms with Gasteiger partial charge < -0.3 is 10.6 Å². The Kier molecular flexibility index (Phi) is 5.22. The summed E-state index contributed by atoms with van der Waals surface area (Å²) in [5.41, 5.74) is -0.0800. The van der Waals surface area contributed by atoms with Gasteiger partial charge in [0.1, 0.15) is 6.20 Å². The van der Waals surface area contributed by atoms with Crippen molar-refractivity contribution >= 4 is 29.2 Å². The summed E-state index contributed by atoms with van der Waals surface area (Å²) in [5.74, 6) is 1.87. The Morgan fingerprint density at radius 2 is 2.33 bits per heavy atom. The van der Waals surface area contributed by atoms with Crippen LogP contribution in [0.25, 0.3) is 0 Å². The van der Waals surface area contributed by atoms with Crippen molar-refractivity contribution in [2.24, 2.45) is 0 Å². The lowest BCUT2D eigenvalue weighted by Gasteiger charge is -2.23. The molecule has 1 saturated heterocycles. The zero-order valence-electron chi connectivity index (χ0n) is 12.4. The average Bonchev–Trinajstić information content (AvgIpc) is 2.90. The van der Waals surface area contributed by atoms with Gasteiger partial charge in [-0.2, -0.15) is 16.7 Å². The number of thioether (sulfide) groups is 1. The average molecular weight is 311 g/mol. The molecule has 116 valence electrons. The molecule has 1 unspecified atom stereocenters. The summed E-state index contributed by atoms with van der Waals surface area (Å²) in [6.45, 7) is 5.63. The van der Waals surface area contributed by atoms with Crippen LogP contribution in [0.3, 0.4) is 0 Å². The maximum absolute atomic E-state index is 11.1. The lowest BCUT2D eigenvalue weighted by molar-refractivity contribution is -0.384. The van der Waals surface area contributed by atoms with Crippen molar-refractivity contribution in [3.63, 3.8) is 0 Å². The summed E-state index contributed by atoms with van der Waals surface area (Å²) in [6.07, 6.45) is 4.51. The number of aromatic nitrogens is 2. The number of hydrogen-bond donors (Lipinski definition) is 2. The minimum absolute atomic E-state index is 0.0800. The van der Waals surface area contributed by atoms with E-state index in [4.69, 9.17) is 0 Å². The number of rotatable bonds is 7. The monoisotopic (exact) mass is 311 g/mol. The van der Waals surface area contributed by atoms with E-state index in [0.29, 0.717) is 18.3 Å². The molecule has 21 heavy (non-hydrogen) atoms. The summed E-state index contributed by atoms with van der Waals surface area (Å²) in [4.78, 5) is 18.9. The number of hydrogen-bond acceptors (Lipinski definition) is 7. The van der Waals surface area contributed by atoms with Crippen molar-refractivity contribution in [3.8, 4) is 0 Å². The van der Waals surface area contributed by atoms with E-state index < -0.39 is 4.92 Å². The van der Waals surface area contributed by atoms with Gasteiger partial charge in [0.25, 0.3) is 0 Å². The molecule has 0 bridgehead atoms. The largest absolute Gasteiger partial charge is 0.363 e. The molecule has 1 aromatic rings. The van der Waals surface area contributed by atoms with E-state index in [2.05, 4.69) is 27.5 Å². The molecular weight excluding hydrogens is 290 g/mol. The van der Waals surface area contributed by atoms with Crippen LogP contribution in [0.2, 0.25) is 0 Å². The van der Waals surface area contributed by atoms with E-state index in [1.807, 2.05) is 18.7 Å². The third-order valence-corrected chi connectivity index (χ3v) is 4.97. The van der Waals surface area contributed by atoms with Crippen molar-refractivity contribution in [2.45, 2.75) is 37.9 Å². The number of nitro groups is 1. The van der Waals surface area contributed by atoms with Crippen molar-refractivity contribution in [2.75, 3.05) is 29.5 Å². The molecule has 0 radical (unpaired) electrons. The Balaban J connectivity index is 2.11. The van der Waals surface area contributed by atoms with Crippen LogP contribution < -0.4 is 10.6 Å². The second kappa shape index (κ2) is 6.93. The van der Waals surface area contributed by atoms with Gasteiger partial charge in [0.15, 0.2) is 0 Å². The molecule has 2 N–H and O–H groups in total. The van der Waals surface area contributed by atoms with Gasteiger partial charge in [0.05, 0.1) is 4.92 Å². The minimum atomic E-state index is -0.448. The highest BCUT2D eigenvalue weighted by Crippen LogP contribution is 2.38. The second-order valence-corrected chi connectivity index (χ2v) is 7.05. The molecule has 0 saturated carbocycles. The standard InChI is InChI=1S/C13H21N5O2S/c1-3-6-14-12-15-8-10(18(19)20)11(17-12)16-9-13(2)5-4-7-21-13/h8H,3-7,9H2,1-2H3,(H2,14,15,16,17). The van der Waals surface area contributed by atoms with Crippen LogP contribution in [0.15, 0.2) is 6.20 Å². The first kappa shape index (κ1) is 15.8. The van der Waals surface area contributed by atoms with Crippen LogP contribution in [0.1, 0.15) is 33.1 Å². The van der Waals surface area contributed by atoms with E-state index >= 15 is 0 Å². The van der Waals surface area contributed by atoms with Crippen LogP contribution in [0, 0.1) is 10.1 Å². The molecule has 0 amide bonds. The normalized spacial score (nSPS) is 21.2. The van der Waals surface area contributed by atoms with Gasteiger partial charge in [-0.05, 0) is 31.9 Å². The zero-order valence-corrected chi connectivity index (χ0v) is 13.2. The van der Waals surface area contributed by atoms with Crippen LogP contribution in [-0.4, -0.2) is 38.5 Å². The minimum Gasteiger partial charge on any atom is -0.363 e. The lowest BCUT2D eigenvalue weighted by Crippen LogP contribution is -2.27.